The first-order valence-electron chi connectivity index (χ1n) is 6.65. The van der Waals surface area contributed by atoms with Gasteiger partial charge in [0.25, 0.3) is 5.91 Å². The molecular weight excluding hydrogens is 240 g/mol. The predicted octanol–water partition coefficient (Wildman–Crippen LogP) is 2.01. The third-order valence-electron chi connectivity index (χ3n) is 2.54. The average Bonchev–Trinajstić information content (AvgIpc) is 2.36. The van der Waals surface area contributed by atoms with Crippen LogP contribution in [0.25, 0.3) is 0 Å². The Balaban J connectivity index is 2.44. The van der Waals surface area contributed by atoms with Gasteiger partial charge >= 0.3 is 0 Å². The Hall–Kier alpha value is -1.55. The van der Waals surface area contributed by atoms with Crippen molar-refractivity contribution >= 4 is 5.91 Å². The third kappa shape index (κ3) is 6.25. The highest BCUT2D eigenvalue weighted by atomic mass is 16.5. The van der Waals surface area contributed by atoms with Crippen LogP contribution in [0.15, 0.2) is 24.3 Å². The van der Waals surface area contributed by atoms with E-state index in [4.69, 9.17) is 4.74 Å². The molecule has 19 heavy (non-hydrogen) atoms. The molecule has 0 spiro atoms. The van der Waals surface area contributed by atoms with Crippen molar-refractivity contribution in [3.8, 4) is 5.75 Å². The number of amides is 1. The highest BCUT2D eigenvalue weighted by molar-refractivity contribution is 5.94. The number of carbonyl (C=O) groups excluding carboxylic acids is 1. The van der Waals surface area contributed by atoms with E-state index in [2.05, 4.69) is 19.2 Å². The molecule has 1 rings (SSSR count). The fourth-order valence-corrected chi connectivity index (χ4v) is 1.46. The Bertz CT molecular complexity index is 386. The lowest BCUT2D eigenvalue weighted by atomic mass is 10.2. The van der Waals surface area contributed by atoms with Crippen LogP contribution in [0.3, 0.4) is 0 Å². The van der Waals surface area contributed by atoms with Crippen LogP contribution in [-0.2, 0) is 0 Å². The third-order valence-corrected chi connectivity index (χ3v) is 2.54. The molecule has 0 aliphatic carbocycles. The normalized spacial score (nSPS) is 10.8. The lowest BCUT2D eigenvalue weighted by Crippen LogP contribution is -2.31. The van der Waals surface area contributed by atoms with Crippen molar-refractivity contribution in [1.29, 1.82) is 0 Å². The first kappa shape index (κ1) is 15.5. The van der Waals surface area contributed by atoms with Crippen LogP contribution in [0.1, 0.15) is 24.2 Å². The van der Waals surface area contributed by atoms with E-state index in [0.29, 0.717) is 24.6 Å². The Kier molecular flexibility index (Phi) is 6.36. The molecule has 1 aromatic rings. The van der Waals surface area contributed by atoms with E-state index in [-0.39, 0.29) is 5.91 Å². The average molecular weight is 264 g/mol. The zero-order valence-corrected chi connectivity index (χ0v) is 12.3. The molecule has 4 nitrogen and oxygen atoms in total. The molecule has 0 unspecified atom stereocenters. The maximum atomic E-state index is 11.8. The van der Waals surface area contributed by atoms with Gasteiger partial charge in [0.15, 0.2) is 0 Å². The number of nitrogens with zero attached hydrogens (tertiary/aromatic N) is 1. The Morgan fingerprint density at radius 1 is 1.26 bits per heavy atom. The van der Waals surface area contributed by atoms with Gasteiger partial charge in [0, 0.05) is 18.7 Å². The number of hydrogen-bond acceptors (Lipinski definition) is 3. The standard InChI is InChI=1S/C15H24N2O2/c1-12(2)11-19-14-7-5-13(6-8-14)15(18)16-9-10-17(3)4/h5-8,12H,9-11H2,1-4H3,(H,16,18). The monoisotopic (exact) mass is 264 g/mol. The Morgan fingerprint density at radius 2 is 1.89 bits per heavy atom. The number of likely N-dealkylation sites (N-methyl/N-ethyl adjacent to an activating group) is 1. The fraction of sp³-hybridized carbons (Fsp3) is 0.533. The number of rotatable bonds is 7. The summed E-state index contributed by atoms with van der Waals surface area (Å²) in [5, 5.41) is 2.88. The zero-order chi connectivity index (χ0) is 14.3. The van der Waals surface area contributed by atoms with Crippen LogP contribution >= 0.6 is 0 Å². The van der Waals surface area contributed by atoms with Gasteiger partial charge in [-0.05, 0) is 44.3 Å². The van der Waals surface area contributed by atoms with E-state index < -0.39 is 0 Å². The van der Waals surface area contributed by atoms with Gasteiger partial charge < -0.3 is 15.0 Å². The molecule has 0 atom stereocenters. The van der Waals surface area contributed by atoms with Crippen molar-refractivity contribution < 1.29 is 9.53 Å². The summed E-state index contributed by atoms with van der Waals surface area (Å²) in [6.07, 6.45) is 0. The summed E-state index contributed by atoms with van der Waals surface area (Å²) in [4.78, 5) is 13.9. The molecule has 1 aromatic carbocycles. The highest BCUT2D eigenvalue weighted by Crippen LogP contribution is 2.13. The van der Waals surface area contributed by atoms with Crippen LogP contribution in [-0.4, -0.2) is 44.6 Å². The summed E-state index contributed by atoms with van der Waals surface area (Å²) in [6, 6.07) is 7.26. The highest BCUT2D eigenvalue weighted by Gasteiger charge is 2.05. The van der Waals surface area contributed by atoms with Gasteiger partial charge in [-0.25, -0.2) is 0 Å². The van der Waals surface area contributed by atoms with Crippen LogP contribution in [0.5, 0.6) is 5.75 Å². The van der Waals surface area contributed by atoms with Crippen molar-refractivity contribution in [2.75, 3.05) is 33.8 Å². The van der Waals surface area contributed by atoms with Crippen molar-refractivity contribution in [1.82, 2.24) is 10.2 Å². The van der Waals surface area contributed by atoms with Gasteiger partial charge in [-0.1, -0.05) is 13.8 Å². The molecule has 0 heterocycles. The molecule has 1 N–H and O–H groups in total. The molecule has 0 radical (unpaired) electrons. The summed E-state index contributed by atoms with van der Waals surface area (Å²) in [6.45, 7) is 6.38. The van der Waals surface area contributed by atoms with Gasteiger partial charge in [-0.2, -0.15) is 0 Å². The summed E-state index contributed by atoms with van der Waals surface area (Å²) in [5.41, 5.74) is 0.663. The van der Waals surface area contributed by atoms with E-state index in [0.717, 1.165) is 12.3 Å². The van der Waals surface area contributed by atoms with Crippen molar-refractivity contribution in [2.24, 2.45) is 5.92 Å². The first-order chi connectivity index (χ1) is 8.99. The second-order valence-electron chi connectivity index (χ2n) is 5.29. The van der Waals surface area contributed by atoms with Gasteiger partial charge in [0.2, 0.25) is 0 Å². The number of ether oxygens (including phenoxy) is 1. The van der Waals surface area contributed by atoms with Gasteiger partial charge in [0.1, 0.15) is 5.75 Å². The summed E-state index contributed by atoms with van der Waals surface area (Å²) >= 11 is 0. The quantitative estimate of drug-likeness (QED) is 0.819. The first-order valence-corrected chi connectivity index (χ1v) is 6.65. The second kappa shape index (κ2) is 7.79. The number of benzene rings is 1. The molecule has 0 fully saturated rings. The summed E-state index contributed by atoms with van der Waals surface area (Å²) in [7, 11) is 3.96. The van der Waals surface area contributed by atoms with Gasteiger partial charge in [0.05, 0.1) is 6.61 Å². The minimum Gasteiger partial charge on any atom is -0.493 e. The molecule has 4 heteroatoms. The molecule has 0 bridgehead atoms. The van der Waals surface area contributed by atoms with Crippen molar-refractivity contribution in [3.63, 3.8) is 0 Å². The second-order valence-corrected chi connectivity index (χ2v) is 5.29. The maximum absolute atomic E-state index is 11.8. The summed E-state index contributed by atoms with van der Waals surface area (Å²) < 4.78 is 5.58. The van der Waals surface area contributed by atoms with E-state index in [1.165, 1.54) is 0 Å². The minimum atomic E-state index is -0.0442. The van der Waals surface area contributed by atoms with Crippen LogP contribution in [0, 0.1) is 5.92 Å². The lowest BCUT2D eigenvalue weighted by Gasteiger charge is -2.11. The minimum absolute atomic E-state index is 0.0442. The molecular formula is C15H24N2O2. The zero-order valence-electron chi connectivity index (χ0n) is 12.3. The van der Waals surface area contributed by atoms with E-state index in [1.54, 1.807) is 12.1 Å². The SMILES string of the molecule is CC(C)COc1ccc(C(=O)NCCN(C)C)cc1. The maximum Gasteiger partial charge on any atom is 0.251 e. The predicted molar refractivity (Wildman–Crippen MR) is 77.7 cm³/mol. The number of nitrogens with one attached hydrogen (secondary N) is 1. The van der Waals surface area contributed by atoms with Crippen molar-refractivity contribution in [2.45, 2.75) is 13.8 Å². The molecule has 0 saturated heterocycles. The van der Waals surface area contributed by atoms with Crippen LogP contribution in [0.4, 0.5) is 0 Å². The lowest BCUT2D eigenvalue weighted by molar-refractivity contribution is 0.0951. The summed E-state index contributed by atoms with van der Waals surface area (Å²) in [5.74, 6) is 1.25. The smallest absolute Gasteiger partial charge is 0.251 e. The van der Waals surface area contributed by atoms with Crippen LogP contribution in [0.2, 0.25) is 0 Å². The van der Waals surface area contributed by atoms with Gasteiger partial charge in [-0.3, -0.25) is 4.79 Å². The molecule has 0 aliphatic heterocycles. The van der Waals surface area contributed by atoms with Crippen LogP contribution < -0.4 is 10.1 Å². The largest absolute Gasteiger partial charge is 0.493 e. The Labute approximate surface area is 115 Å². The molecule has 106 valence electrons. The molecule has 1 amide bonds. The van der Waals surface area contributed by atoms with E-state index >= 15 is 0 Å². The number of carbonyl (C=O) groups is 1. The Morgan fingerprint density at radius 3 is 2.42 bits per heavy atom. The van der Waals surface area contributed by atoms with E-state index in [9.17, 15) is 4.79 Å². The molecule has 0 saturated carbocycles. The molecule has 0 aromatic heterocycles. The molecule has 0 aliphatic rings. The van der Waals surface area contributed by atoms with Gasteiger partial charge in [-0.15, -0.1) is 0 Å². The fourth-order valence-electron chi connectivity index (χ4n) is 1.46. The van der Waals surface area contributed by atoms with E-state index in [1.807, 2.05) is 31.1 Å². The number of hydrogen-bond donors (Lipinski definition) is 1. The topological polar surface area (TPSA) is 41.6 Å². The van der Waals surface area contributed by atoms with Crippen molar-refractivity contribution in [3.05, 3.63) is 29.8 Å².